The van der Waals surface area contributed by atoms with Crippen molar-refractivity contribution in [2.75, 3.05) is 37.6 Å². The molecule has 5 heteroatoms. The largest absolute Gasteiger partial charge is 0.480 e. The topological polar surface area (TPSA) is 60.9 Å². The van der Waals surface area contributed by atoms with E-state index in [9.17, 15) is 9.59 Å². The maximum atomic E-state index is 11.8. The van der Waals surface area contributed by atoms with Gasteiger partial charge in [0.05, 0.1) is 12.2 Å². The van der Waals surface area contributed by atoms with E-state index in [4.69, 9.17) is 5.11 Å². The molecule has 1 saturated heterocycles. The van der Waals surface area contributed by atoms with Gasteiger partial charge < -0.3 is 10.0 Å². The lowest BCUT2D eigenvalue weighted by molar-refractivity contribution is -0.138. The van der Waals surface area contributed by atoms with Gasteiger partial charge in [-0.3, -0.25) is 14.5 Å². The summed E-state index contributed by atoms with van der Waals surface area (Å²) in [6, 6.07) is 8.77. The lowest BCUT2D eigenvalue weighted by Crippen LogP contribution is -2.48. The summed E-state index contributed by atoms with van der Waals surface area (Å²) >= 11 is 0. The van der Waals surface area contributed by atoms with Crippen LogP contribution in [0.2, 0.25) is 0 Å². The molecule has 0 bridgehead atoms. The predicted octanol–water partition coefficient (Wildman–Crippen LogP) is 0.253. The first-order valence-corrected chi connectivity index (χ1v) is 5.95. The Morgan fingerprint density at radius 2 is 1.78 bits per heavy atom. The van der Waals surface area contributed by atoms with E-state index < -0.39 is 5.97 Å². The third kappa shape index (κ3) is 3.07. The quantitative estimate of drug-likeness (QED) is 0.831. The molecule has 18 heavy (non-hydrogen) atoms. The van der Waals surface area contributed by atoms with Crippen LogP contribution >= 0.6 is 0 Å². The van der Waals surface area contributed by atoms with Gasteiger partial charge in [-0.15, -0.1) is 0 Å². The van der Waals surface area contributed by atoms with E-state index in [2.05, 4.69) is 0 Å². The van der Waals surface area contributed by atoms with Crippen LogP contribution in [0.3, 0.4) is 0 Å². The number of nitrogens with zero attached hydrogens (tertiary/aromatic N) is 2. The Morgan fingerprint density at radius 3 is 2.44 bits per heavy atom. The van der Waals surface area contributed by atoms with E-state index in [-0.39, 0.29) is 12.0 Å². The zero-order valence-electron chi connectivity index (χ0n) is 10.1. The van der Waals surface area contributed by atoms with Crippen molar-refractivity contribution in [3.8, 4) is 0 Å². The minimum Gasteiger partial charge on any atom is -0.480 e. The zero-order chi connectivity index (χ0) is 13.0. The van der Waals surface area contributed by atoms with Gasteiger partial charge in [-0.25, -0.2) is 0 Å². The highest BCUT2D eigenvalue weighted by Crippen LogP contribution is 2.10. The highest BCUT2D eigenvalue weighted by Gasteiger charge is 2.19. The number of hydrogen-bond donors (Lipinski definition) is 1. The van der Waals surface area contributed by atoms with E-state index in [1.54, 1.807) is 12.1 Å². The molecule has 1 aromatic carbocycles. The molecule has 5 nitrogen and oxygen atoms in total. The van der Waals surface area contributed by atoms with Gasteiger partial charge in [-0.2, -0.15) is 0 Å². The zero-order valence-corrected chi connectivity index (χ0v) is 10.1. The molecule has 0 aromatic heterocycles. The Hall–Kier alpha value is -1.88. The average molecular weight is 248 g/mol. The van der Waals surface area contributed by atoms with Crippen LogP contribution < -0.4 is 10.3 Å². The van der Waals surface area contributed by atoms with E-state index in [1.807, 2.05) is 28.0 Å². The summed E-state index contributed by atoms with van der Waals surface area (Å²) in [7, 11) is 0. The fraction of sp³-hybridized carbons (Fsp3) is 0.385. The second-order valence-corrected chi connectivity index (χ2v) is 4.32. The summed E-state index contributed by atoms with van der Waals surface area (Å²) in [5.41, 5.74) is 0.696. The molecule has 0 spiro atoms. The van der Waals surface area contributed by atoms with Crippen LogP contribution in [0.25, 0.3) is 0 Å². The molecule has 0 saturated carbocycles. The number of anilines is 1. The van der Waals surface area contributed by atoms with Crippen LogP contribution in [0.4, 0.5) is 5.69 Å². The van der Waals surface area contributed by atoms with Gasteiger partial charge in [0.2, 0.25) is 5.43 Å². The molecule has 0 atom stereocenters. The molecule has 0 radical (unpaired) electrons. The molecule has 1 aliphatic rings. The molecule has 1 aromatic rings. The third-order valence-corrected chi connectivity index (χ3v) is 3.05. The second kappa shape index (κ2) is 5.64. The average Bonchev–Trinajstić information content (AvgIpc) is 2.54. The Bertz CT molecular complexity index is 482. The SMILES string of the molecule is O=C(O)CN1CCN(c2cccccc2=O)CC1. The number of carbonyl (C=O) groups is 1. The standard InChI is InChI=1S/C13H16N2O3/c16-12-5-3-1-2-4-11(12)15-8-6-14(7-9-15)10-13(17)18/h1-5H,6-10H2,(H,17,18). The fourth-order valence-electron chi connectivity index (χ4n) is 2.12. The van der Waals surface area contributed by atoms with Crippen LogP contribution in [-0.4, -0.2) is 48.7 Å². The Balaban J connectivity index is 2.04. The minimum atomic E-state index is -0.806. The predicted molar refractivity (Wildman–Crippen MR) is 69.0 cm³/mol. The molecule has 0 unspecified atom stereocenters. The van der Waals surface area contributed by atoms with Crippen molar-refractivity contribution in [2.24, 2.45) is 0 Å². The van der Waals surface area contributed by atoms with Crippen LogP contribution in [0.5, 0.6) is 0 Å². The molecule has 0 aliphatic carbocycles. The van der Waals surface area contributed by atoms with Crippen LogP contribution in [0, 0.1) is 0 Å². The van der Waals surface area contributed by atoms with Gasteiger partial charge in [0.15, 0.2) is 0 Å². The lowest BCUT2D eigenvalue weighted by Gasteiger charge is -2.34. The Kier molecular flexibility index (Phi) is 3.94. The van der Waals surface area contributed by atoms with Gasteiger partial charge in [0.25, 0.3) is 0 Å². The molecule has 96 valence electrons. The van der Waals surface area contributed by atoms with Crippen molar-refractivity contribution in [2.45, 2.75) is 0 Å². The lowest BCUT2D eigenvalue weighted by atomic mass is 10.2. The number of aliphatic carboxylic acids is 1. The monoisotopic (exact) mass is 248 g/mol. The van der Waals surface area contributed by atoms with E-state index in [1.165, 1.54) is 0 Å². The first-order valence-electron chi connectivity index (χ1n) is 5.95. The van der Waals surface area contributed by atoms with Gasteiger partial charge in [0, 0.05) is 26.2 Å². The normalized spacial score (nSPS) is 16.6. The first kappa shape index (κ1) is 12.6. The molecule has 0 amide bonds. The van der Waals surface area contributed by atoms with Crippen molar-refractivity contribution in [3.05, 3.63) is 40.6 Å². The van der Waals surface area contributed by atoms with E-state index in [0.29, 0.717) is 31.9 Å². The summed E-state index contributed by atoms with van der Waals surface area (Å²) in [6.07, 6.45) is 0. The van der Waals surface area contributed by atoms with Crippen LogP contribution in [0.15, 0.2) is 35.1 Å². The molecular formula is C13H16N2O3. The molecule has 2 rings (SSSR count). The summed E-state index contributed by atoms with van der Waals surface area (Å²) in [5, 5.41) is 8.72. The molecule has 1 aliphatic heterocycles. The Morgan fingerprint density at radius 1 is 1.11 bits per heavy atom. The number of carboxylic acid groups (broad SMARTS) is 1. The molecule has 1 heterocycles. The summed E-state index contributed by atoms with van der Waals surface area (Å²) in [6.45, 7) is 2.79. The number of carboxylic acids is 1. The molecule has 1 N–H and O–H groups in total. The van der Waals surface area contributed by atoms with Crippen molar-refractivity contribution >= 4 is 11.7 Å². The first-order chi connectivity index (χ1) is 8.66. The van der Waals surface area contributed by atoms with Gasteiger partial charge in [0.1, 0.15) is 0 Å². The van der Waals surface area contributed by atoms with Gasteiger partial charge in [-0.05, 0) is 12.1 Å². The van der Waals surface area contributed by atoms with Crippen molar-refractivity contribution in [1.82, 2.24) is 4.90 Å². The summed E-state index contributed by atoms with van der Waals surface area (Å²) in [4.78, 5) is 26.3. The summed E-state index contributed by atoms with van der Waals surface area (Å²) < 4.78 is 0. The Labute approximate surface area is 105 Å². The number of rotatable bonds is 3. The third-order valence-electron chi connectivity index (χ3n) is 3.05. The van der Waals surface area contributed by atoms with E-state index in [0.717, 1.165) is 0 Å². The maximum absolute atomic E-state index is 11.8. The fourth-order valence-corrected chi connectivity index (χ4v) is 2.12. The maximum Gasteiger partial charge on any atom is 0.317 e. The van der Waals surface area contributed by atoms with E-state index >= 15 is 0 Å². The highest BCUT2D eigenvalue weighted by atomic mass is 16.4. The number of piperazine rings is 1. The van der Waals surface area contributed by atoms with Crippen LogP contribution in [-0.2, 0) is 4.79 Å². The van der Waals surface area contributed by atoms with Gasteiger partial charge >= 0.3 is 5.97 Å². The van der Waals surface area contributed by atoms with Crippen molar-refractivity contribution in [3.63, 3.8) is 0 Å². The van der Waals surface area contributed by atoms with Crippen LogP contribution in [0.1, 0.15) is 0 Å². The smallest absolute Gasteiger partial charge is 0.317 e. The molecular weight excluding hydrogens is 232 g/mol. The highest BCUT2D eigenvalue weighted by molar-refractivity contribution is 5.69. The molecule has 1 fully saturated rings. The van der Waals surface area contributed by atoms with Crippen molar-refractivity contribution in [1.29, 1.82) is 0 Å². The minimum absolute atomic E-state index is 0.00619. The van der Waals surface area contributed by atoms with Gasteiger partial charge in [-0.1, -0.05) is 18.2 Å². The number of hydrogen-bond acceptors (Lipinski definition) is 4. The summed E-state index contributed by atoms with van der Waals surface area (Å²) in [5.74, 6) is -0.806. The van der Waals surface area contributed by atoms with Crippen molar-refractivity contribution < 1.29 is 9.90 Å². The second-order valence-electron chi connectivity index (χ2n) is 4.32.